The number of anilines is 2. The van der Waals surface area contributed by atoms with Gasteiger partial charge in [0, 0.05) is 37.1 Å². The number of aromatic nitrogens is 4. The van der Waals surface area contributed by atoms with Gasteiger partial charge in [0.25, 0.3) is 0 Å². The van der Waals surface area contributed by atoms with Crippen molar-refractivity contribution in [2.75, 3.05) is 50.0 Å². The molecule has 222 valence electrons. The molecule has 3 N–H and O–H groups in total. The lowest BCUT2D eigenvalue weighted by Crippen LogP contribution is -2.45. The van der Waals surface area contributed by atoms with E-state index in [0.29, 0.717) is 46.7 Å². The highest BCUT2D eigenvalue weighted by molar-refractivity contribution is 5.95. The molecule has 1 fully saturated rings. The zero-order valence-corrected chi connectivity index (χ0v) is 23.8. The first kappa shape index (κ1) is 28.4. The fraction of sp³-hybridized carbons (Fsp3) is 0.323. The van der Waals surface area contributed by atoms with Crippen molar-refractivity contribution in [2.45, 2.75) is 19.6 Å². The number of hydrogen-bond donors (Lipinski definition) is 3. The lowest BCUT2D eigenvalue weighted by Gasteiger charge is -2.35. The standard InChI is InChI=1S/C31H33FN8O3/c1-31(29(41)36-23-6-3-2-4-7-23)18-42-28(43-19-31)27-38-25(21-8-10-22(32)11-9-21)26(39-27)24-12-14-35-30(37-24)34-13-5-16-40-17-15-33-20-40/h2-4,6-12,14,20,28H,5,13,15-19H2,1H3,(H,36,41)(H,38,39)(H,34,35,37). The molecule has 4 heterocycles. The Bertz CT molecular complexity index is 1570. The Hall–Kier alpha value is -4.68. The van der Waals surface area contributed by atoms with E-state index in [1.54, 1.807) is 31.3 Å². The number of H-pyrrole nitrogens is 1. The molecule has 1 saturated heterocycles. The molecule has 0 bridgehead atoms. The molecule has 0 radical (unpaired) electrons. The van der Waals surface area contributed by atoms with Crippen LogP contribution in [0, 0.1) is 11.2 Å². The number of hydrogen-bond acceptors (Lipinski definition) is 9. The average molecular weight is 585 g/mol. The van der Waals surface area contributed by atoms with Crippen LogP contribution in [0.25, 0.3) is 22.6 Å². The Labute approximate surface area is 248 Å². The topological polar surface area (TPSA) is 130 Å². The average Bonchev–Trinajstić information content (AvgIpc) is 3.72. The van der Waals surface area contributed by atoms with Gasteiger partial charge in [-0.2, -0.15) is 0 Å². The Kier molecular flexibility index (Phi) is 8.38. The highest BCUT2D eigenvalue weighted by Gasteiger charge is 2.41. The highest BCUT2D eigenvalue weighted by Crippen LogP contribution is 2.36. The molecule has 2 aromatic carbocycles. The van der Waals surface area contributed by atoms with Crippen LogP contribution in [0.1, 0.15) is 25.5 Å². The van der Waals surface area contributed by atoms with Gasteiger partial charge in [0.2, 0.25) is 18.1 Å². The van der Waals surface area contributed by atoms with E-state index in [9.17, 15) is 9.18 Å². The third-order valence-corrected chi connectivity index (χ3v) is 7.33. The first-order valence-corrected chi connectivity index (χ1v) is 14.2. The van der Waals surface area contributed by atoms with Crippen LogP contribution in [0.5, 0.6) is 0 Å². The van der Waals surface area contributed by atoms with Crippen LogP contribution >= 0.6 is 0 Å². The van der Waals surface area contributed by atoms with Crippen molar-refractivity contribution in [2.24, 2.45) is 10.4 Å². The summed E-state index contributed by atoms with van der Waals surface area (Å²) >= 11 is 0. The second-order valence-electron chi connectivity index (χ2n) is 10.8. The number of nitrogens with zero attached hydrogens (tertiary/aromatic N) is 5. The molecule has 43 heavy (non-hydrogen) atoms. The zero-order valence-electron chi connectivity index (χ0n) is 23.8. The number of amides is 1. The van der Waals surface area contributed by atoms with Crippen molar-refractivity contribution in [1.29, 1.82) is 0 Å². The van der Waals surface area contributed by atoms with Gasteiger partial charge in [-0.25, -0.2) is 19.3 Å². The summed E-state index contributed by atoms with van der Waals surface area (Å²) in [7, 11) is 0. The number of benzene rings is 2. The van der Waals surface area contributed by atoms with Crippen molar-refractivity contribution >= 4 is 23.9 Å². The molecule has 2 aliphatic rings. The monoisotopic (exact) mass is 584 g/mol. The van der Waals surface area contributed by atoms with E-state index >= 15 is 0 Å². The number of ether oxygens (including phenoxy) is 2. The number of para-hydroxylation sites is 1. The largest absolute Gasteiger partial charge is 0.361 e. The Balaban J connectivity index is 1.18. The quantitative estimate of drug-likeness (QED) is 0.232. The third-order valence-electron chi connectivity index (χ3n) is 7.33. The van der Waals surface area contributed by atoms with Crippen molar-refractivity contribution in [1.82, 2.24) is 24.8 Å². The maximum absolute atomic E-state index is 13.8. The van der Waals surface area contributed by atoms with Gasteiger partial charge >= 0.3 is 0 Å². The number of aliphatic imine (C=N–C) groups is 1. The summed E-state index contributed by atoms with van der Waals surface area (Å²) in [4.78, 5) is 36.7. The molecule has 0 saturated carbocycles. The van der Waals surface area contributed by atoms with Crippen LogP contribution in [-0.4, -0.2) is 76.5 Å². The number of imidazole rings is 1. The molecule has 1 amide bonds. The van der Waals surface area contributed by atoms with Crippen LogP contribution < -0.4 is 10.6 Å². The normalized spacial score (nSPS) is 19.9. The number of aromatic amines is 1. The van der Waals surface area contributed by atoms with E-state index in [4.69, 9.17) is 19.4 Å². The maximum atomic E-state index is 13.8. The summed E-state index contributed by atoms with van der Waals surface area (Å²) in [5, 5.41) is 6.21. The van der Waals surface area contributed by atoms with Crippen molar-refractivity contribution in [3.63, 3.8) is 0 Å². The molecular formula is C31H33FN8O3. The Morgan fingerprint density at radius 1 is 1.09 bits per heavy atom. The van der Waals surface area contributed by atoms with Gasteiger partial charge < -0.3 is 30.0 Å². The summed E-state index contributed by atoms with van der Waals surface area (Å²) in [6, 6.07) is 17.1. The molecule has 2 aromatic heterocycles. The number of carbonyl (C=O) groups excluding carboxylic acids is 1. The molecule has 4 aromatic rings. The predicted octanol–water partition coefficient (Wildman–Crippen LogP) is 4.51. The lowest BCUT2D eigenvalue weighted by molar-refractivity contribution is -0.229. The van der Waals surface area contributed by atoms with Crippen LogP contribution in [0.15, 0.2) is 71.9 Å². The third kappa shape index (κ3) is 6.71. The van der Waals surface area contributed by atoms with E-state index in [1.807, 2.05) is 36.7 Å². The molecular weight excluding hydrogens is 551 g/mol. The van der Waals surface area contributed by atoms with Crippen molar-refractivity contribution in [3.8, 4) is 22.6 Å². The number of nitrogens with one attached hydrogen (secondary N) is 3. The molecule has 12 heteroatoms. The molecule has 0 atom stereocenters. The van der Waals surface area contributed by atoms with Gasteiger partial charge in [0.05, 0.1) is 48.6 Å². The second kappa shape index (κ2) is 12.7. The zero-order chi connectivity index (χ0) is 29.6. The van der Waals surface area contributed by atoms with E-state index in [0.717, 1.165) is 26.1 Å². The molecule has 11 nitrogen and oxygen atoms in total. The van der Waals surface area contributed by atoms with Gasteiger partial charge in [-0.1, -0.05) is 18.2 Å². The van der Waals surface area contributed by atoms with Crippen LogP contribution in [0.2, 0.25) is 0 Å². The fourth-order valence-electron chi connectivity index (χ4n) is 4.86. The van der Waals surface area contributed by atoms with Crippen LogP contribution in [-0.2, 0) is 14.3 Å². The van der Waals surface area contributed by atoms with E-state index < -0.39 is 11.7 Å². The first-order valence-electron chi connectivity index (χ1n) is 14.2. The number of rotatable bonds is 10. The second-order valence-corrected chi connectivity index (χ2v) is 10.8. The van der Waals surface area contributed by atoms with E-state index in [-0.39, 0.29) is 24.9 Å². The molecule has 0 spiro atoms. The molecule has 6 rings (SSSR count). The van der Waals surface area contributed by atoms with Crippen molar-refractivity contribution < 1.29 is 18.7 Å². The summed E-state index contributed by atoms with van der Waals surface area (Å²) in [6.07, 6.45) is 3.65. The fourth-order valence-corrected chi connectivity index (χ4v) is 4.86. The molecule has 2 aliphatic heterocycles. The van der Waals surface area contributed by atoms with Gasteiger partial charge in [-0.3, -0.25) is 9.79 Å². The molecule has 0 unspecified atom stereocenters. The highest BCUT2D eigenvalue weighted by atomic mass is 19.1. The predicted molar refractivity (Wildman–Crippen MR) is 161 cm³/mol. The first-order chi connectivity index (χ1) is 21.0. The molecule has 0 aliphatic carbocycles. The Morgan fingerprint density at radius 3 is 2.63 bits per heavy atom. The van der Waals surface area contributed by atoms with Gasteiger partial charge in [-0.15, -0.1) is 0 Å². The van der Waals surface area contributed by atoms with E-state index in [1.165, 1.54) is 12.1 Å². The minimum atomic E-state index is -0.893. The summed E-state index contributed by atoms with van der Waals surface area (Å²) < 4.78 is 25.8. The van der Waals surface area contributed by atoms with Crippen LogP contribution in [0.3, 0.4) is 0 Å². The maximum Gasteiger partial charge on any atom is 0.234 e. The smallest absolute Gasteiger partial charge is 0.234 e. The number of carbonyl (C=O) groups is 1. The van der Waals surface area contributed by atoms with Gasteiger partial charge in [-0.05, 0) is 55.8 Å². The van der Waals surface area contributed by atoms with Gasteiger partial charge in [0.15, 0.2) is 5.82 Å². The number of halogens is 1. The minimum absolute atomic E-state index is 0.128. The SMILES string of the molecule is CC1(C(=O)Nc2ccccc2)COC(c2nc(-c3ccc(F)cc3)c(-c3ccnc(NCCCN4C=NCC4)n3)[nH]2)OC1. The van der Waals surface area contributed by atoms with Gasteiger partial charge in [0.1, 0.15) is 5.82 Å². The summed E-state index contributed by atoms with van der Waals surface area (Å²) in [5.74, 6) is 0.361. The summed E-state index contributed by atoms with van der Waals surface area (Å²) in [6.45, 7) is 5.46. The van der Waals surface area contributed by atoms with Crippen molar-refractivity contribution in [3.05, 3.63) is 78.5 Å². The Morgan fingerprint density at radius 2 is 1.88 bits per heavy atom. The summed E-state index contributed by atoms with van der Waals surface area (Å²) in [5.41, 5.74) is 2.29. The van der Waals surface area contributed by atoms with E-state index in [2.05, 4.69) is 30.5 Å². The lowest BCUT2D eigenvalue weighted by atomic mass is 9.91. The van der Waals surface area contributed by atoms with Crippen LogP contribution in [0.4, 0.5) is 16.0 Å². The minimum Gasteiger partial charge on any atom is -0.361 e.